The topological polar surface area (TPSA) is 73.6 Å². The molecule has 19 heavy (non-hydrogen) atoms. The molecule has 1 amide bonds. The van der Waals surface area contributed by atoms with Gasteiger partial charge in [0.1, 0.15) is 6.10 Å². The van der Waals surface area contributed by atoms with E-state index >= 15 is 0 Å². The maximum Gasteiger partial charge on any atom is 0.253 e. The van der Waals surface area contributed by atoms with Crippen LogP contribution in [0.3, 0.4) is 0 Å². The third-order valence-corrected chi connectivity index (χ3v) is 2.66. The van der Waals surface area contributed by atoms with Crippen LogP contribution >= 0.6 is 0 Å². The first-order valence-electron chi connectivity index (χ1n) is 6.37. The van der Waals surface area contributed by atoms with Crippen molar-refractivity contribution >= 4 is 11.6 Å². The second-order valence-electron chi connectivity index (χ2n) is 4.25. The smallest absolute Gasteiger partial charge is 0.253 e. The summed E-state index contributed by atoms with van der Waals surface area (Å²) in [6.07, 6.45) is 0.287. The zero-order valence-corrected chi connectivity index (χ0v) is 11.5. The molecule has 1 rings (SSSR count). The number of carbonyl (C=O) groups is 1. The number of carbonyl (C=O) groups excluding carboxylic acids is 1. The maximum absolute atomic E-state index is 11.9. The summed E-state index contributed by atoms with van der Waals surface area (Å²) in [6.45, 7) is 3.32. The number of ether oxygens (including phenoxy) is 2. The number of benzene rings is 1. The van der Waals surface area contributed by atoms with E-state index < -0.39 is 6.10 Å². The lowest BCUT2D eigenvalue weighted by Crippen LogP contribution is -2.28. The molecule has 0 aliphatic heterocycles. The Balaban J connectivity index is 2.40. The van der Waals surface area contributed by atoms with Crippen molar-refractivity contribution in [2.75, 3.05) is 25.6 Å². The minimum atomic E-state index is -0.488. The number of rotatable bonds is 8. The second kappa shape index (κ2) is 8.63. The van der Waals surface area contributed by atoms with Crippen molar-refractivity contribution in [2.45, 2.75) is 26.0 Å². The number of nitrogens with one attached hydrogen (secondary N) is 1. The molecule has 0 aromatic heterocycles. The Kier molecular flexibility index (Phi) is 7.10. The number of hydrogen-bond donors (Lipinski definition) is 2. The molecule has 0 bridgehead atoms. The number of hydrogen-bond acceptors (Lipinski definition) is 4. The highest BCUT2D eigenvalue weighted by Gasteiger charge is 2.13. The van der Waals surface area contributed by atoms with Gasteiger partial charge in [0, 0.05) is 32.6 Å². The normalized spacial score (nSPS) is 12.2. The average Bonchev–Trinajstić information content (AvgIpc) is 2.43. The minimum absolute atomic E-state index is 0.161. The Morgan fingerprint density at radius 1 is 1.42 bits per heavy atom. The fourth-order valence-corrected chi connectivity index (χ4v) is 1.56. The van der Waals surface area contributed by atoms with Gasteiger partial charge in [-0.2, -0.15) is 0 Å². The summed E-state index contributed by atoms with van der Waals surface area (Å²) in [4.78, 5) is 11.9. The predicted molar refractivity (Wildman–Crippen MR) is 74.9 cm³/mol. The fourth-order valence-electron chi connectivity index (χ4n) is 1.56. The van der Waals surface area contributed by atoms with Gasteiger partial charge in [0.2, 0.25) is 0 Å². The monoisotopic (exact) mass is 266 g/mol. The van der Waals surface area contributed by atoms with E-state index in [0.29, 0.717) is 19.8 Å². The molecule has 1 aromatic rings. The van der Waals surface area contributed by atoms with Gasteiger partial charge in [-0.1, -0.05) is 12.1 Å². The minimum Gasteiger partial charge on any atom is -0.385 e. The van der Waals surface area contributed by atoms with Crippen molar-refractivity contribution in [3.8, 4) is 0 Å². The van der Waals surface area contributed by atoms with E-state index in [1.54, 1.807) is 14.0 Å². The standard InChI is InChI=1S/C14H22N2O3/c1-11(19-8-4-7-18-2)14(17)16-13-6-3-5-12(9-13)10-15/h3,5-6,9,11H,4,7-8,10,15H2,1-2H3,(H,16,17). The highest BCUT2D eigenvalue weighted by atomic mass is 16.5. The molecule has 1 atom stereocenters. The van der Waals surface area contributed by atoms with Crippen LogP contribution in [0.25, 0.3) is 0 Å². The van der Waals surface area contributed by atoms with Gasteiger partial charge in [-0.3, -0.25) is 4.79 Å². The quantitative estimate of drug-likeness (QED) is 0.700. The predicted octanol–water partition coefficient (Wildman–Crippen LogP) is 1.53. The van der Waals surface area contributed by atoms with E-state index in [1.165, 1.54) is 0 Å². The van der Waals surface area contributed by atoms with E-state index in [1.807, 2.05) is 24.3 Å². The third kappa shape index (κ3) is 5.83. The molecule has 5 nitrogen and oxygen atoms in total. The molecule has 0 saturated carbocycles. The molecular weight excluding hydrogens is 244 g/mol. The van der Waals surface area contributed by atoms with Crippen molar-refractivity contribution in [1.29, 1.82) is 0 Å². The first kappa shape index (κ1) is 15.6. The van der Waals surface area contributed by atoms with E-state index in [-0.39, 0.29) is 5.91 Å². The van der Waals surface area contributed by atoms with Crippen molar-refractivity contribution < 1.29 is 14.3 Å². The van der Waals surface area contributed by atoms with Crippen molar-refractivity contribution in [3.63, 3.8) is 0 Å². The van der Waals surface area contributed by atoms with Gasteiger partial charge in [-0.15, -0.1) is 0 Å². The summed E-state index contributed by atoms with van der Waals surface area (Å²) in [5.74, 6) is -0.161. The lowest BCUT2D eigenvalue weighted by atomic mass is 10.2. The number of methoxy groups -OCH3 is 1. The molecule has 0 saturated heterocycles. The summed E-state index contributed by atoms with van der Waals surface area (Å²) in [6, 6.07) is 7.46. The second-order valence-corrected chi connectivity index (χ2v) is 4.25. The van der Waals surface area contributed by atoms with Crippen molar-refractivity contribution in [3.05, 3.63) is 29.8 Å². The van der Waals surface area contributed by atoms with E-state index in [9.17, 15) is 4.79 Å². The number of nitrogens with two attached hydrogens (primary N) is 1. The number of amides is 1. The van der Waals surface area contributed by atoms with Crippen LogP contribution in [-0.2, 0) is 20.8 Å². The zero-order chi connectivity index (χ0) is 14.1. The van der Waals surface area contributed by atoms with Gasteiger partial charge >= 0.3 is 0 Å². The molecule has 106 valence electrons. The molecule has 1 aromatic carbocycles. The molecule has 0 fully saturated rings. The van der Waals surface area contributed by atoms with Gasteiger partial charge in [0.05, 0.1) is 0 Å². The number of anilines is 1. The highest BCUT2D eigenvalue weighted by molar-refractivity contribution is 5.93. The first-order valence-corrected chi connectivity index (χ1v) is 6.37. The molecule has 0 aliphatic rings. The Labute approximate surface area is 114 Å². The molecule has 3 N–H and O–H groups in total. The Hall–Kier alpha value is -1.43. The third-order valence-electron chi connectivity index (χ3n) is 2.66. The largest absolute Gasteiger partial charge is 0.385 e. The molecule has 0 aliphatic carbocycles. The average molecular weight is 266 g/mol. The fraction of sp³-hybridized carbons (Fsp3) is 0.500. The Morgan fingerprint density at radius 2 is 2.21 bits per heavy atom. The van der Waals surface area contributed by atoms with E-state index in [0.717, 1.165) is 17.7 Å². The molecule has 1 unspecified atom stereocenters. The lowest BCUT2D eigenvalue weighted by molar-refractivity contribution is -0.126. The van der Waals surface area contributed by atoms with Crippen molar-refractivity contribution in [1.82, 2.24) is 0 Å². The van der Waals surface area contributed by atoms with Crippen LogP contribution < -0.4 is 11.1 Å². The van der Waals surface area contributed by atoms with Gasteiger partial charge < -0.3 is 20.5 Å². The summed E-state index contributed by atoms with van der Waals surface area (Å²) in [5, 5.41) is 2.81. The summed E-state index contributed by atoms with van der Waals surface area (Å²) in [5.41, 5.74) is 7.27. The van der Waals surface area contributed by atoms with Crippen LogP contribution in [0.15, 0.2) is 24.3 Å². The molecule has 5 heteroatoms. The van der Waals surface area contributed by atoms with Gasteiger partial charge in [-0.05, 0) is 31.0 Å². The summed E-state index contributed by atoms with van der Waals surface area (Å²) in [7, 11) is 1.64. The maximum atomic E-state index is 11.9. The molecule has 0 radical (unpaired) electrons. The lowest BCUT2D eigenvalue weighted by Gasteiger charge is -2.13. The Bertz CT molecular complexity index is 396. The van der Waals surface area contributed by atoms with Gasteiger partial charge in [-0.25, -0.2) is 0 Å². The first-order chi connectivity index (χ1) is 9.17. The molecule has 0 spiro atoms. The Morgan fingerprint density at radius 3 is 2.89 bits per heavy atom. The van der Waals surface area contributed by atoms with Crippen LogP contribution in [0.4, 0.5) is 5.69 Å². The zero-order valence-electron chi connectivity index (χ0n) is 11.5. The van der Waals surface area contributed by atoms with Crippen LogP contribution in [-0.4, -0.2) is 32.3 Å². The van der Waals surface area contributed by atoms with Crippen molar-refractivity contribution in [2.24, 2.45) is 5.73 Å². The van der Waals surface area contributed by atoms with Gasteiger partial charge in [0.15, 0.2) is 0 Å². The molecule has 0 heterocycles. The van der Waals surface area contributed by atoms with Gasteiger partial charge in [0.25, 0.3) is 5.91 Å². The molecular formula is C14H22N2O3. The van der Waals surface area contributed by atoms with Crippen LogP contribution in [0.1, 0.15) is 18.9 Å². The van der Waals surface area contributed by atoms with E-state index in [4.69, 9.17) is 15.2 Å². The SMILES string of the molecule is COCCCOC(C)C(=O)Nc1cccc(CN)c1. The summed E-state index contributed by atoms with van der Waals surface area (Å²) < 4.78 is 10.3. The van der Waals surface area contributed by atoms with Crippen LogP contribution in [0, 0.1) is 0 Å². The summed E-state index contributed by atoms with van der Waals surface area (Å²) >= 11 is 0. The van der Waals surface area contributed by atoms with Crippen LogP contribution in [0.2, 0.25) is 0 Å². The highest BCUT2D eigenvalue weighted by Crippen LogP contribution is 2.11. The van der Waals surface area contributed by atoms with E-state index in [2.05, 4.69) is 5.32 Å². The van der Waals surface area contributed by atoms with Crippen LogP contribution in [0.5, 0.6) is 0 Å².